The maximum absolute atomic E-state index is 11.0. The summed E-state index contributed by atoms with van der Waals surface area (Å²) in [5.41, 5.74) is 1.15. The summed E-state index contributed by atoms with van der Waals surface area (Å²) in [6, 6.07) is 4.19. The minimum atomic E-state index is 0.118. The Hall–Kier alpha value is -1.22. The van der Waals surface area contributed by atoms with Gasteiger partial charge >= 0.3 is 0 Å². The number of carbonyl (C=O) groups excluding carboxylic acids is 1. The maximum Gasteiger partial charge on any atom is 0.124 e. The van der Waals surface area contributed by atoms with Gasteiger partial charge in [0.15, 0.2) is 0 Å². The SMILES string of the molecule is CN1CCC[C@@H](C=O)[C@@H]1c1cccnc1. The van der Waals surface area contributed by atoms with Gasteiger partial charge in [0.25, 0.3) is 0 Å². The number of nitrogens with zero attached hydrogens (tertiary/aromatic N) is 2. The topological polar surface area (TPSA) is 33.2 Å². The van der Waals surface area contributed by atoms with E-state index >= 15 is 0 Å². The number of hydrogen-bond donors (Lipinski definition) is 0. The first-order valence-corrected chi connectivity index (χ1v) is 5.38. The first kappa shape index (κ1) is 10.3. The van der Waals surface area contributed by atoms with Gasteiger partial charge in [-0.25, -0.2) is 0 Å². The highest BCUT2D eigenvalue weighted by Crippen LogP contribution is 2.33. The van der Waals surface area contributed by atoms with Crippen LogP contribution in [0.5, 0.6) is 0 Å². The predicted molar refractivity (Wildman–Crippen MR) is 58.4 cm³/mol. The molecule has 80 valence electrons. The summed E-state index contributed by atoms with van der Waals surface area (Å²) in [7, 11) is 2.08. The van der Waals surface area contributed by atoms with Crippen molar-refractivity contribution in [2.24, 2.45) is 5.92 Å². The molecular weight excluding hydrogens is 188 g/mol. The zero-order chi connectivity index (χ0) is 10.7. The van der Waals surface area contributed by atoms with Gasteiger partial charge in [0, 0.05) is 24.4 Å². The van der Waals surface area contributed by atoms with Crippen LogP contribution in [0, 0.1) is 5.92 Å². The summed E-state index contributed by atoms with van der Waals surface area (Å²) in [5.74, 6) is 0.118. The Kier molecular flexibility index (Phi) is 3.11. The molecule has 1 aliphatic rings. The van der Waals surface area contributed by atoms with E-state index in [1.165, 1.54) is 0 Å². The van der Waals surface area contributed by atoms with Crippen molar-refractivity contribution in [1.82, 2.24) is 9.88 Å². The smallest absolute Gasteiger partial charge is 0.124 e. The third-order valence-electron chi connectivity index (χ3n) is 3.13. The number of aldehydes is 1. The molecule has 3 nitrogen and oxygen atoms in total. The third-order valence-corrected chi connectivity index (χ3v) is 3.13. The zero-order valence-electron chi connectivity index (χ0n) is 8.97. The van der Waals surface area contributed by atoms with Crippen molar-refractivity contribution in [1.29, 1.82) is 0 Å². The van der Waals surface area contributed by atoms with Gasteiger partial charge in [0.1, 0.15) is 6.29 Å². The highest BCUT2D eigenvalue weighted by atomic mass is 16.1. The molecule has 1 aromatic heterocycles. The summed E-state index contributed by atoms with van der Waals surface area (Å²) in [6.45, 7) is 1.06. The van der Waals surface area contributed by atoms with Crippen LogP contribution in [0.4, 0.5) is 0 Å². The van der Waals surface area contributed by atoms with Gasteiger partial charge in [0.05, 0.1) is 0 Å². The summed E-state index contributed by atoms with van der Waals surface area (Å²) in [4.78, 5) is 17.4. The first-order chi connectivity index (χ1) is 7.33. The van der Waals surface area contributed by atoms with Gasteiger partial charge in [-0.1, -0.05) is 6.07 Å². The lowest BCUT2D eigenvalue weighted by atomic mass is 9.87. The van der Waals surface area contributed by atoms with Crippen LogP contribution in [0.1, 0.15) is 24.4 Å². The number of rotatable bonds is 2. The van der Waals surface area contributed by atoms with Gasteiger partial charge in [-0.15, -0.1) is 0 Å². The van der Waals surface area contributed by atoms with Crippen LogP contribution in [-0.4, -0.2) is 29.8 Å². The minimum Gasteiger partial charge on any atom is -0.303 e. The molecule has 2 atom stereocenters. The molecule has 1 aromatic rings. The largest absolute Gasteiger partial charge is 0.303 e. The third kappa shape index (κ3) is 2.07. The molecular formula is C12H16N2O. The normalized spacial score (nSPS) is 27.5. The van der Waals surface area contributed by atoms with Gasteiger partial charge in [0.2, 0.25) is 0 Å². The Morgan fingerprint density at radius 3 is 3.13 bits per heavy atom. The van der Waals surface area contributed by atoms with Crippen LogP contribution in [0.3, 0.4) is 0 Å². The number of hydrogen-bond acceptors (Lipinski definition) is 3. The molecule has 0 aromatic carbocycles. The number of carbonyl (C=O) groups is 1. The monoisotopic (exact) mass is 204 g/mol. The molecule has 2 heterocycles. The molecule has 0 saturated carbocycles. The highest BCUT2D eigenvalue weighted by Gasteiger charge is 2.30. The van der Waals surface area contributed by atoms with Crippen LogP contribution in [0.15, 0.2) is 24.5 Å². The van der Waals surface area contributed by atoms with E-state index in [0.29, 0.717) is 0 Å². The number of aromatic nitrogens is 1. The second kappa shape index (κ2) is 4.53. The van der Waals surface area contributed by atoms with E-state index in [0.717, 1.165) is 31.2 Å². The molecule has 2 rings (SSSR count). The molecule has 1 saturated heterocycles. The van der Waals surface area contributed by atoms with Crippen molar-refractivity contribution in [2.75, 3.05) is 13.6 Å². The fourth-order valence-electron chi connectivity index (χ4n) is 2.40. The Labute approximate surface area is 90.1 Å². The summed E-state index contributed by atoms with van der Waals surface area (Å²) in [5, 5.41) is 0. The van der Waals surface area contributed by atoms with E-state index < -0.39 is 0 Å². The molecule has 0 unspecified atom stereocenters. The van der Waals surface area contributed by atoms with Crippen LogP contribution in [0.25, 0.3) is 0 Å². The second-order valence-electron chi connectivity index (χ2n) is 4.15. The molecule has 3 heteroatoms. The molecule has 0 spiro atoms. The summed E-state index contributed by atoms with van der Waals surface area (Å²) < 4.78 is 0. The van der Waals surface area contributed by atoms with E-state index in [1.807, 2.05) is 12.3 Å². The number of pyridine rings is 1. The van der Waals surface area contributed by atoms with Crippen LogP contribution >= 0.6 is 0 Å². The van der Waals surface area contributed by atoms with Gasteiger partial charge in [-0.05, 0) is 38.1 Å². The van der Waals surface area contributed by atoms with Crippen LogP contribution in [-0.2, 0) is 4.79 Å². The van der Waals surface area contributed by atoms with Crippen LogP contribution < -0.4 is 0 Å². The van der Waals surface area contributed by atoms with E-state index in [2.05, 4.69) is 23.0 Å². The highest BCUT2D eigenvalue weighted by molar-refractivity contribution is 5.56. The fraction of sp³-hybridized carbons (Fsp3) is 0.500. The molecule has 0 aliphatic carbocycles. The van der Waals surface area contributed by atoms with Gasteiger partial charge in [-0.3, -0.25) is 9.88 Å². The van der Waals surface area contributed by atoms with E-state index in [9.17, 15) is 4.79 Å². The maximum atomic E-state index is 11.0. The molecule has 1 aliphatic heterocycles. The molecule has 15 heavy (non-hydrogen) atoms. The van der Waals surface area contributed by atoms with E-state index in [1.54, 1.807) is 6.20 Å². The first-order valence-electron chi connectivity index (χ1n) is 5.38. The zero-order valence-corrected chi connectivity index (χ0v) is 8.97. The standard InChI is InChI=1S/C12H16N2O/c1-14-7-3-5-11(9-15)12(14)10-4-2-6-13-8-10/h2,4,6,8-9,11-12H,3,5,7H2,1H3/t11-,12-/m0/s1. The Bertz CT molecular complexity index is 326. The van der Waals surface area contributed by atoms with Crippen molar-refractivity contribution < 1.29 is 4.79 Å². The molecule has 0 amide bonds. The van der Waals surface area contributed by atoms with E-state index in [4.69, 9.17) is 0 Å². The molecule has 0 radical (unpaired) electrons. The van der Waals surface area contributed by atoms with Crippen molar-refractivity contribution in [2.45, 2.75) is 18.9 Å². The summed E-state index contributed by atoms with van der Waals surface area (Å²) >= 11 is 0. The second-order valence-corrected chi connectivity index (χ2v) is 4.15. The van der Waals surface area contributed by atoms with Crippen molar-refractivity contribution >= 4 is 6.29 Å². The van der Waals surface area contributed by atoms with Gasteiger partial charge in [-0.2, -0.15) is 0 Å². The fourth-order valence-corrected chi connectivity index (χ4v) is 2.40. The Morgan fingerprint density at radius 2 is 2.47 bits per heavy atom. The average Bonchev–Trinajstić information content (AvgIpc) is 2.29. The quantitative estimate of drug-likeness (QED) is 0.687. The number of piperidine rings is 1. The van der Waals surface area contributed by atoms with Crippen LogP contribution in [0.2, 0.25) is 0 Å². The Morgan fingerprint density at radius 1 is 1.60 bits per heavy atom. The number of likely N-dealkylation sites (tertiary alicyclic amines) is 1. The lowest BCUT2D eigenvalue weighted by Crippen LogP contribution is -2.36. The average molecular weight is 204 g/mol. The Balaban J connectivity index is 2.27. The minimum absolute atomic E-state index is 0.118. The molecule has 0 bridgehead atoms. The molecule has 1 fully saturated rings. The van der Waals surface area contributed by atoms with Crippen molar-refractivity contribution in [3.63, 3.8) is 0 Å². The van der Waals surface area contributed by atoms with Crippen molar-refractivity contribution in [3.8, 4) is 0 Å². The molecule has 0 N–H and O–H groups in total. The van der Waals surface area contributed by atoms with E-state index in [-0.39, 0.29) is 12.0 Å². The predicted octanol–water partition coefficient (Wildman–Crippen LogP) is 1.66. The lowest BCUT2D eigenvalue weighted by molar-refractivity contribution is -0.114. The van der Waals surface area contributed by atoms with Gasteiger partial charge < -0.3 is 4.79 Å². The lowest BCUT2D eigenvalue weighted by Gasteiger charge is -2.36. The van der Waals surface area contributed by atoms with Crippen molar-refractivity contribution in [3.05, 3.63) is 30.1 Å². The summed E-state index contributed by atoms with van der Waals surface area (Å²) in [6.07, 6.45) is 6.82.